The number of carbonyl (C=O) groups excluding carboxylic acids is 1. The molecule has 4 nitrogen and oxygen atoms in total. The number of carbonyl (C=O) groups is 1. The van der Waals surface area contributed by atoms with Crippen LogP contribution >= 0.6 is 0 Å². The van der Waals surface area contributed by atoms with Crippen LogP contribution < -0.4 is 10.1 Å². The van der Waals surface area contributed by atoms with Gasteiger partial charge in [-0.2, -0.15) is 0 Å². The van der Waals surface area contributed by atoms with E-state index in [2.05, 4.69) is 5.32 Å². The van der Waals surface area contributed by atoms with Crippen molar-refractivity contribution in [3.05, 3.63) is 29.6 Å². The maximum absolute atomic E-state index is 13.3. The summed E-state index contributed by atoms with van der Waals surface area (Å²) in [6.07, 6.45) is 1.54. The zero-order valence-corrected chi connectivity index (χ0v) is 12.2. The van der Waals surface area contributed by atoms with E-state index in [4.69, 9.17) is 4.74 Å². The molecule has 0 saturated carbocycles. The Morgan fingerprint density at radius 1 is 1.40 bits per heavy atom. The maximum atomic E-state index is 13.3. The number of amides is 1. The molecule has 2 N–H and O–H groups in total. The Bertz CT molecular complexity index is 450. The molecule has 20 heavy (non-hydrogen) atoms. The fourth-order valence-corrected chi connectivity index (χ4v) is 1.95. The zero-order chi connectivity index (χ0) is 15.2. The number of ether oxygens (including phenoxy) is 1. The van der Waals surface area contributed by atoms with E-state index in [0.29, 0.717) is 12.1 Å². The number of benzene rings is 1. The summed E-state index contributed by atoms with van der Waals surface area (Å²) in [6.45, 7) is 4.36. The van der Waals surface area contributed by atoms with Crippen LogP contribution in [-0.4, -0.2) is 31.3 Å². The van der Waals surface area contributed by atoms with Crippen molar-refractivity contribution in [3.8, 4) is 5.75 Å². The molecular formula is C15H22FNO3. The van der Waals surface area contributed by atoms with Crippen molar-refractivity contribution in [2.24, 2.45) is 5.41 Å². The molecule has 0 spiro atoms. The van der Waals surface area contributed by atoms with Crippen molar-refractivity contribution < 1.29 is 19.0 Å². The topological polar surface area (TPSA) is 58.6 Å². The van der Waals surface area contributed by atoms with Crippen LogP contribution in [-0.2, 0) is 0 Å². The van der Waals surface area contributed by atoms with Crippen molar-refractivity contribution in [2.45, 2.75) is 26.7 Å². The second kappa shape index (κ2) is 7.24. The normalized spacial score (nSPS) is 11.2. The molecular weight excluding hydrogens is 261 g/mol. The van der Waals surface area contributed by atoms with E-state index in [1.54, 1.807) is 0 Å². The third-order valence-electron chi connectivity index (χ3n) is 3.87. The number of hydrogen-bond donors (Lipinski definition) is 2. The number of aliphatic hydroxyl groups excluding tert-OH is 1. The lowest BCUT2D eigenvalue weighted by atomic mass is 9.83. The van der Waals surface area contributed by atoms with Crippen LogP contribution in [0.1, 0.15) is 37.0 Å². The third-order valence-corrected chi connectivity index (χ3v) is 3.87. The summed E-state index contributed by atoms with van der Waals surface area (Å²) in [7, 11) is 1.35. The van der Waals surface area contributed by atoms with Gasteiger partial charge in [-0.05, 0) is 31.0 Å². The van der Waals surface area contributed by atoms with Gasteiger partial charge >= 0.3 is 0 Å². The van der Waals surface area contributed by atoms with Gasteiger partial charge in [-0.3, -0.25) is 4.79 Å². The predicted octanol–water partition coefficient (Wildman–Crippen LogP) is 2.36. The standard InChI is InChI=1S/C15H22FNO3/c1-4-15(5-2,10-18)9-17-14(19)11-6-7-12(16)13(8-11)20-3/h6-8,18H,4-5,9-10H2,1-3H3,(H,17,19). The molecule has 0 unspecified atom stereocenters. The Hall–Kier alpha value is -1.62. The average molecular weight is 283 g/mol. The van der Waals surface area contributed by atoms with E-state index < -0.39 is 5.82 Å². The van der Waals surface area contributed by atoms with Crippen molar-refractivity contribution >= 4 is 5.91 Å². The second-order valence-corrected chi connectivity index (χ2v) is 4.90. The van der Waals surface area contributed by atoms with Crippen LogP contribution in [0.2, 0.25) is 0 Å². The first-order valence-electron chi connectivity index (χ1n) is 6.74. The molecule has 0 aliphatic heterocycles. The Labute approximate surface area is 119 Å². The van der Waals surface area contributed by atoms with Crippen molar-refractivity contribution in [1.29, 1.82) is 0 Å². The molecule has 112 valence electrons. The van der Waals surface area contributed by atoms with Crippen LogP contribution in [0.15, 0.2) is 18.2 Å². The van der Waals surface area contributed by atoms with Crippen LogP contribution in [0.25, 0.3) is 0 Å². The highest BCUT2D eigenvalue weighted by Gasteiger charge is 2.26. The van der Waals surface area contributed by atoms with Crippen LogP contribution in [0, 0.1) is 11.2 Å². The van der Waals surface area contributed by atoms with Gasteiger partial charge in [0.15, 0.2) is 11.6 Å². The highest BCUT2D eigenvalue weighted by atomic mass is 19.1. The molecule has 0 radical (unpaired) electrons. The van der Waals surface area contributed by atoms with Gasteiger partial charge in [-0.1, -0.05) is 13.8 Å². The molecule has 0 saturated heterocycles. The lowest BCUT2D eigenvalue weighted by Crippen LogP contribution is -2.39. The quantitative estimate of drug-likeness (QED) is 0.807. The zero-order valence-electron chi connectivity index (χ0n) is 12.2. The molecule has 0 aliphatic carbocycles. The molecule has 1 aromatic rings. The molecule has 5 heteroatoms. The number of halogens is 1. The molecule has 1 amide bonds. The van der Waals surface area contributed by atoms with Gasteiger partial charge in [-0.15, -0.1) is 0 Å². The largest absolute Gasteiger partial charge is 0.494 e. The number of hydrogen-bond acceptors (Lipinski definition) is 3. The summed E-state index contributed by atoms with van der Waals surface area (Å²) in [6, 6.07) is 3.97. The fourth-order valence-electron chi connectivity index (χ4n) is 1.95. The van der Waals surface area contributed by atoms with Gasteiger partial charge < -0.3 is 15.2 Å². The number of methoxy groups -OCH3 is 1. The van der Waals surface area contributed by atoms with Gasteiger partial charge in [-0.25, -0.2) is 4.39 Å². The van der Waals surface area contributed by atoms with Crippen LogP contribution in [0.4, 0.5) is 4.39 Å². The van der Waals surface area contributed by atoms with Crippen LogP contribution in [0.5, 0.6) is 5.75 Å². The predicted molar refractivity (Wildman–Crippen MR) is 75.4 cm³/mol. The summed E-state index contributed by atoms with van der Waals surface area (Å²) in [5.41, 5.74) is 0.0297. The smallest absolute Gasteiger partial charge is 0.251 e. The first kappa shape index (κ1) is 16.4. The molecule has 0 aromatic heterocycles. The summed E-state index contributed by atoms with van der Waals surface area (Å²) >= 11 is 0. The Morgan fingerprint density at radius 3 is 2.55 bits per heavy atom. The summed E-state index contributed by atoms with van der Waals surface area (Å²) < 4.78 is 18.1. The van der Waals surface area contributed by atoms with Crippen LogP contribution in [0.3, 0.4) is 0 Å². The van der Waals surface area contributed by atoms with Gasteiger partial charge in [0.05, 0.1) is 13.7 Å². The van der Waals surface area contributed by atoms with E-state index in [0.717, 1.165) is 12.8 Å². The Kier molecular flexibility index (Phi) is 5.95. The summed E-state index contributed by atoms with van der Waals surface area (Å²) in [4.78, 5) is 12.0. The first-order valence-corrected chi connectivity index (χ1v) is 6.74. The first-order chi connectivity index (χ1) is 9.51. The summed E-state index contributed by atoms with van der Waals surface area (Å²) in [5.74, 6) is -0.768. The van der Waals surface area contributed by atoms with Gasteiger partial charge in [0.2, 0.25) is 0 Å². The van der Waals surface area contributed by atoms with Gasteiger partial charge in [0.1, 0.15) is 0 Å². The fraction of sp³-hybridized carbons (Fsp3) is 0.533. The van der Waals surface area contributed by atoms with Gasteiger partial charge in [0.25, 0.3) is 5.91 Å². The minimum atomic E-state index is -0.504. The van der Waals surface area contributed by atoms with Gasteiger partial charge in [0, 0.05) is 17.5 Å². The van der Waals surface area contributed by atoms with E-state index >= 15 is 0 Å². The summed E-state index contributed by atoms with van der Waals surface area (Å²) in [5, 5.41) is 12.2. The number of nitrogens with one attached hydrogen (secondary N) is 1. The Balaban J connectivity index is 2.76. The number of rotatable bonds is 7. The number of aliphatic hydroxyl groups is 1. The second-order valence-electron chi connectivity index (χ2n) is 4.90. The average Bonchev–Trinajstić information content (AvgIpc) is 2.49. The molecule has 0 bridgehead atoms. The lowest BCUT2D eigenvalue weighted by molar-refractivity contribution is 0.0850. The van der Waals surface area contributed by atoms with E-state index in [1.807, 2.05) is 13.8 Å². The van der Waals surface area contributed by atoms with Crippen molar-refractivity contribution in [1.82, 2.24) is 5.32 Å². The third kappa shape index (κ3) is 3.70. The van der Waals surface area contributed by atoms with Crippen molar-refractivity contribution in [2.75, 3.05) is 20.3 Å². The van der Waals surface area contributed by atoms with E-state index in [9.17, 15) is 14.3 Å². The monoisotopic (exact) mass is 283 g/mol. The molecule has 0 atom stereocenters. The molecule has 1 rings (SSSR count). The Morgan fingerprint density at radius 2 is 2.05 bits per heavy atom. The van der Waals surface area contributed by atoms with Crippen molar-refractivity contribution in [3.63, 3.8) is 0 Å². The maximum Gasteiger partial charge on any atom is 0.251 e. The molecule has 0 heterocycles. The molecule has 1 aromatic carbocycles. The minimum absolute atomic E-state index is 0.0209. The minimum Gasteiger partial charge on any atom is -0.494 e. The van der Waals surface area contributed by atoms with E-state index in [1.165, 1.54) is 25.3 Å². The highest BCUT2D eigenvalue weighted by molar-refractivity contribution is 5.94. The lowest BCUT2D eigenvalue weighted by Gasteiger charge is -2.29. The SMILES string of the molecule is CCC(CC)(CO)CNC(=O)c1ccc(F)c(OC)c1. The molecule has 0 fully saturated rings. The highest BCUT2D eigenvalue weighted by Crippen LogP contribution is 2.24. The van der Waals surface area contributed by atoms with E-state index in [-0.39, 0.29) is 23.7 Å². The molecule has 0 aliphatic rings.